The average Bonchev–Trinajstić information content (AvgIpc) is 2.61. The molecule has 0 bridgehead atoms. The summed E-state index contributed by atoms with van der Waals surface area (Å²) in [4.78, 5) is 9.06. The molecular weight excluding hydrogens is 316 g/mol. The topological polar surface area (TPSA) is 24.7 Å². The van der Waals surface area contributed by atoms with Gasteiger partial charge < -0.3 is 0 Å². The van der Waals surface area contributed by atoms with Gasteiger partial charge in [0, 0.05) is 31.7 Å². The number of nitrogens with zero attached hydrogens (tertiary/aromatic N) is 2. The molecule has 0 heterocycles. The van der Waals surface area contributed by atoms with E-state index >= 15 is 0 Å². The molecule has 0 fully saturated rings. The standard InChI is InChI=1S/C24H32N2/c1-10-11-12-17(2)20-15-16-21(23(26-9)22(20)25-8)18(3)13-14-19(4)24(5,6)7/h1,12-16H,11H2,2-9H3/b17-12+,18-13+,19-14+,25-22?,26-23?. The summed E-state index contributed by atoms with van der Waals surface area (Å²) >= 11 is 0. The molecule has 0 saturated carbocycles. The predicted molar refractivity (Wildman–Crippen MR) is 117 cm³/mol. The Balaban J connectivity index is 3.38. The number of aliphatic imine (C=N–C) groups is 2. The van der Waals surface area contributed by atoms with Crippen molar-refractivity contribution >= 4 is 11.4 Å². The van der Waals surface area contributed by atoms with Crippen molar-refractivity contribution in [2.24, 2.45) is 15.4 Å². The first-order chi connectivity index (χ1) is 12.2. The smallest absolute Gasteiger partial charge is 0.0903 e. The Kier molecular flexibility index (Phi) is 7.77. The molecule has 0 saturated heterocycles. The van der Waals surface area contributed by atoms with Crippen LogP contribution in [0.3, 0.4) is 0 Å². The summed E-state index contributed by atoms with van der Waals surface area (Å²) in [5, 5.41) is 0. The Morgan fingerprint density at radius 1 is 0.962 bits per heavy atom. The first-order valence-corrected chi connectivity index (χ1v) is 9.00. The van der Waals surface area contributed by atoms with E-state index in [2.05, 4.69) is 87.8 Å². The monoisotopic (exact) mass is 348 g/mol. The minimum Gasteiger partial charge on any atom is -0.286 e. The van der Waals surface area contributed by atoms with E-state index in [9.17, 15) is 0 Å². The summed E-state index contributed by atoms with van der Waals surface area (Å²) in [6, 6.07) is 0. The average molecular weight is 349 g/mol. The summed E-state index contributed by atoms with van der Waals surface area (Å²) in [5.41, 5.74) is 7.86. The van der Waals surface area contributed by atoms with E-state index in [-0.39, 0.29) is 5.41 Å². The SMILES string of the molecule is C#CC/C=C(\C)C1=CC=C(/C(C)=C/C=C(\C)C(C)(C)C)C(=NC)C1=NC. The number of hydrogen-bond donors (Lipinski definition) is 0. The van der Waals surface area contributed by atoms with Gasteiger partial charge in [-0.2, -0.15) is 0 Å². The molecule has 0 aromatic heterocycles. The van der Waals surface area contributed by atoms with Gasteiger partial charge in [-0.15, -0.1) is 12.3 Å². The number of terminal acetylenes is 1. The third kappa shape index (κ3) is 5.30. The van der Waals surface area contributed by atoms with E-state index in [1.165, 1.54) is 11.1 Å². The number of hydrogen-bond acceptors (Lipinski definition) is 2. The molecule has 2 nitrogen and oxygen atoms in total. The second-order valence-electron chi connectivity index (χ2n) is 7.55. The lowest BCUT2D eigenvalue weighted by atomic mass is 9.85. The van der Waals surface area contributed by atoms with Crippen LogP contribution < -0.4 is 0 Å². The maximum Gasteiger partial charge on any atom is 0.0903 e. The molecule has 0 spiro atoms. The van der Waals surface area contributed by atoms with Crippen LogP contribution in [0, 0.1) is 17.8 Å². The van der Waals surface area contributed by atoms with Crippen molar-refractivity contribution in [2.45, 2.75) is 48.0 Å². The van der Waals surface area contributed by atoms with E-state index < -0.39 is 0 Å². The maximum atomic E-state index is 5.38. The van der Waals surface area contributed by atoms with Crippen molar-refractivity contribution in [1.82, 2.24) is 0 Å². The van der Waals surface area contributed by atoms with Gasteiger partial charge in [0.1, 0.15) is 0 Å². The van der Waals surface area contributed by atoms with Crippen LogP contribution in [0.25, 0.3) is 0 Å². The molecule has 0 radical (unpaired) electrons. The van der Waals surface area contributed by atoms with Gasteiger partial charge in [-0.1, -0.05) is 56.7 Å². The van der Waals surface area contributed by atoms with Crippen LogP contribution in [0.2, 0.25) is 0 Å². The highest BCUT2D eigenvalue weighted by Crippen LogP contribution is 2.27. The Hall–Kier alpha value is -2.40. The molecule has 0 atom stereocenters. The number of rotatable bonds is 4. The summed E-state index contributed by atoms with van der Waals surface area (Å²) < 4.78 is 0. The van der Waals surface area contributed by atoms with Gasteiger partial charge in [-0.25, -0.2) is 0 Å². The van der Waals surface area contributed by atoms with Crippen molar-refractivity contribution < 1.29 is 0 Å². The fraction of sp³-hybridized carbons (Fsp3) is 0.417. The Labute approximate surface area is 159 Å². The van der Waals surface area contributed by atoms with Crippen molar-refractivity contribution in [3.05, 3.63) is 58.2 Å². The fourth-order valence-electron chi connectivity index (χ4n) is 2.58. The lowest BCUT2D eigenvalue weighted by Gasteiger charge is -2.21. The molecule has 1 aliphatic carbocycles. The zero-order valence-corrected chi connectivity index (χ0v) is 17.6. The third-order valence-electron chi connectivity index (χ3n) is 4.74. The zero-order chi connectivity index (χ0) is 19.9. The van der Waals surface area contributed by atoms with Crippen molar-refractivity contribution in [3.8, 4) is 12.3 Å². The van der Waals surface area contributed by atoms with Gasteiger partial charge in [-0.05, 0) is 37.3 Å². The quantitative estimate of drug-likeness (QED) is 0.343. The lowest BCUT2D eigenvalue weighted by molar-refractivity contribution is 0.504. The Bertz CT molecular complexity index is 792. The maximum absolute atomic E-state index is 5.38. The lowest BCUT2D eigenvalue weighted by Crippen LogP contribution is -2.23. The molecule has 0 amide bonds. The molecular formula is C24H32N2. The predicted octanol–water partition coefficient (Wildman–Crippen LogP) is 5.90. The van der Waals surface area contributed by atoms with Crippen LogP contribution in [0.4, 0.5) is 0 Å². The van der Waals surface area contributed by atoms with Crippen molar-refractivity contribution in [1.29, 1.82) is 0 Å². The molecule has 138 valence electrons. The zero-order valence-electron chi connectivity index (χ0n) is 17.6. The summed E-state index contributed by atoms with van der Waals surface area (Å²) in [6.45, 7) is 13.0. The highest BCUT2D eigenvalue weighted by Gasteiger charge is 2.22. The van der Waals surface area contributed by atoms with Gasteiger partial charge in [0.15, 0.2) is 0 Å². The van der Waals surface area contributed by atoms with Gasteiger partial charge in [-0.3, -0.25) is 9.98 Å². The summed E-state index contributed by atoms with van der Waals surface area (Å²) in [5.74, 6) is 2.66. The summed E-state index contributed by atoms with van der Waals surface area (Å²) in [6.07, 6.45) is 16.7. The fourth-order valence-corrected chi connectivity index (χ4v) is 2.58. The van der Waals surface area contributed by atoms with Crippen LogP contribution >= 0.6 is 0 Å². The van der Waals surface area contributed by atoms with E-state index in [0.717, 1.165) is 28.1 Å². The second kappa shape index (κ2) is 9.34. The molecule has 0 aromatic carbocycles. The van der Waals surface area contributed by atoms with Gasteiger partial charge in [0.05, 0.1) is 11.4 Å². The number of allylic oxidation sites excluding steroid dienone is 10. The minimum atomic E-state index is 0.168. The molecule has 0 unspecified atom stereocenters. The molecule has 0 aliphatic heterocycles. The molecule has 1 aliphatic rings. The van der Waals surface area contributed by atoms with E-state index in [1.54, 1.807) is 0 Å². The van der Waals surface area contributed by atoms with Gasteiger partial charge in [0.25, 0.3) is 0 Å². The first-order valence-electron chi connectivity index (χ1n) is 9.00. The second-order valence-corrected chi connectivity index (χ2v) is 7.55. The van der Waals surface area contributed by atoms with E-state index in [1.807, 2.05) is 14.1 Å². The van der Waals surface area contributed by atoms with Crippen LogP contribution in [0.15, 0.2) is 68.2 Å². The summed E-state index contributed by atoms with van der Waals surface area (Å²) in [7, 11) is 3.63. The highest BCUT2D eigenvalue weighted by molar-refractivity contribution is 6.56. The molecule has 0 N–H and O–H groups in total. The molecule has 1 rings (SSSR count). The highest BCUT2D eigenvalue weighted by atomic mass is 14.8. The van der Waals surface area contributed by atoms with Gasteiger partial charge in [0.2, 0.25) is 0 Å². The largest absolute Gasteiger partial charge is 0.286 e. The van der Waals surface area contributed by atoms with Crippen LogP contribution in [0.1, 0.15) is 48.0 Å². The first kappa shape index (κ1) is 21.6. The van der Waals surface area contributed by atoms with Crippen LogP contribution in [-0.2, 0) is 0 Å². The normalized spacial score (nSPS) is 20.2. The van der Waals surface area contributed by atoms with Crippen molar-refractivity contribution in [2.75, 3.05) is 14.1 Å². The molecule has 26 heavy (non-hydrogen) atoms. The Morgan fingerprint density at radius 3 is 1.88 bits per heavy atom. The third-order valence-corrected chi connectivity index (χ3v) is 4.74. The molecule has 2 heteroatoms. The van der Waals surface area contributed by atoms with Crippen LogP contribution in [0.5, 0.6) is 0 Å². The van der Waals surface area contributed by atoms with Crippen LogP contribution in [-0.4, -0.2) is 25.5 Å². The molecule has 0 aromatic rings. The minimum absolute atomic E-state index is 0.168. The Morgan fingerprint density at radius 2 is 1.46 bits per heavy atom. The van der Waals surface area contributed by atoms with E-state index in [4.69, 9.17) is 6.42 Å². The van der Waals surface area contributed by atoms with Crippen molar-refractivity contribution in [3.63, 3.8) is 0 Å². The van der Waals surface area contributed by atoms with Gasteiger partial charge >= 0.3 is 0 Å². The van der Waals surface area contributed by atoms with E-state index in [0.29, 0.717) is 6.42 Å².